The zero-order chi connectivity index (χ0) is 11.8. The second-order valence-corrected chi connectivity index (χ2v) is 4.04. The third-order valence-electron chi connectivity index (χ3n) is 3.05. The third-order valence-corrected chi connectivity index (χ3v) is 3.05. The lowest BCUT2D eigenvalue weighted by Gasteiger charge is -2.16. The maximum atomic E-state index is 12.2. The Bertz CT molecular complexity index is 562. The summed E-state index contributed by atoms with van der Waals surface area (Å²) in [5.74, 6) is -0.0388. The van der Waals surface area contributed by atoms with Crippen LogP contribution in [0, 0.1) is 0 Å². The van der Waals surface area contributed by atoms with Crippen LogP contribution in [-0.4, -0.2) is 22.6 Å². The van der Waals surface area contributed by atoms with Crippen LogP contribution < -0.4 is 10.6 Å². The minimum absolute atomic E-state index is 0.0388. The quantitative estimate of drug-likeness (QED) is 0.720. The van der Waals surface area contributed by atoms with E-state index < -0.39 is 0 Å². The van der Waals surface area contributed by atoms with Gasteiger partial charge < -0.3 is 10.6 Å². The zero-order valence-corrected chi connectivity index (χ0v) is 9.18. The molecule has 5 heteroatoms. The summed E-state index contributed by atoms with van der Waals surface area (Å²) >= 11 is 0. The number of fused-ring (bicyclic) bond motifs is 1. The number of benzene rings is 1. The Labute approximate surface area is 98.2 Å². The number of rotatable bonds is 1. The number of nitrogens with one attached hydrogen (secondary N) is 1. The molecule has 1 aromatic heterocycles. The molecule has 0 bridgehead atoms. The van der Waals surface area contributed by atoms with Gasteiger partial charge in [-0.3, -0.25) is 9.89 Å². The molecule has 0 radical (unpaired) electrons. The van der Waals surface area contributed by atoms with Crippen LogP contribution in [0.3, 0.4) is 0 Å². The maximum absolute atomic E-state index is 12.2. The molecule has 0 aliphatic carbocycles. The van der Waals surface area contributed by atoms with E-state index in [4.69, 9.17) is 5.73 Å². The van der Waals surface area contributed by atoms with Crippen LogP contribution in [0.4, 0.5) is 11.4 Å². The molecule has 0 spiro atoms. The standard InChI is InChI=1S/C12H12N4O/c13-10-2-1-3-11-9(10)4-5-16(11)12(17)8-6-14-15-7-8/h1-3,6-7H,4-5,13H2,(H,14,15). The second-order valence-electron chi connectivity index (χ2n) is 4.04. The fourth-order valence-corrected chi connectivity index (χ4v) is 2.20. The average molecular weight is 228 g/mol. The first-order valence-electron chi connectivity index (χ1n) is 5.45. The topological polar surface area (TPSA) is 75.0 Å². The fraction of sp³-hybridized carbons (Fsp3) is 0.167. The predicted octanol–water partition coefficient (Wildman–Crippen LogP) is 1.19. The van der Waals surface area contributed by atoms with E-state index in [0.29, 0.717) is 12.1 Å². The van der Waals surface area contributed by atoms with Gasteiger partial charge in [-0.25, -0.2) is 0 Å². The first-order chi connectivity index (χ1) is 8.27. The molecule has 5 nitrogen and oxygen atoms in total. The summed E-state index contributed by atoms with van der Waals surface area (Å²) in [6.45, 7) is 0.674. The number of aromatic amines is 1. The summed E-state index contributed by atoms with van der Waals surface area (Å²) in [6.07, 6.45) is 3.95. The van der Waals surface area contributed by atoms with Gasteiger partial charge in [0, 0.05) is 29.7 Å². The van der Waals surface area contributed by atoms with Crippen LogP contribution >= 0.6 is 0 Å². The maximum Gasteiger partial charge on any atom is 0.261 e. The number of anilines is 2. The molecular formula is C12H12N4O. The lowest BCUT2D eigenvalue weighted by Crippen LogP contribution is -2.28. The van der Waals surface area contributed by atoms with Crippen LogP contribution in [0.5, 0.6) is 0 Å². The molecule has 0 saturated carbocycles. The van der Waals surface area contributed by atoms with Crippen molar-refractivity contribution in [2.45, 2.75) is 6.42 Å². The third kappa shape index (κ3) is 1.47. The van der Waals surface area contributed by atoms with Gasteiger partial charge in [0.15, 0.2) is 0 Å². The summed E-state index contributed by atoms with van der Waals surface area (Å²) < 4.78 is 0. The van der Waals surface area contributed by atoms with Gasteiger partial charge >= 0.3 is 0 Å². The van der Waals surface area contributed by atoms with E-state index in [1.54, 1.807) is 11.1 Å². The fourth-order valence-electron chi connectivity index (χ4n) is 2.20. The first kappa shape index (κ1) is 9.89. The molecule has 1 aliphatic rings. The number of nitrogens with two attached hydrogens (primary N) is 1. The summed E-state index contributed by atoms with van der Waals surface area (Å²) in [4.78, 5) is 14.0. The molecule has 0 saturated heterocycles. The summed E-state index contributed by atoms with van der Waals surface area (Å²) in [6, 6.07) is 5.66. The zero-order valence-electron chi connectivity index (χ0n) is 9.18. The molecule has 0 fully saturated rings. The van der Waals surface area contributed by atoms with Gasteiger partial charge in [-0.15, -0.1) is 0 Å². The molecule has 86 valence electrons. The van der Waals surface area contributed by atoms with E-state index in [9.17, 15) is 4.79 Å². The van der Waals surface area contributed by atoms with Gasteiger partial charge in [0.05, 0.1) is 11.8 Å². The van der Waals surface area contributed by atoms with Crippen LogP contribution in [0.15, 0.2) is 30.6 Å². The normalized spacial score (nSPS) is 13.8. The molecule has 2 heterocycles. The number of aromatic nitrogens is 2. The molecule has 3 N–H and O–H groups in total. The Morgan fingerprint density at radius 1 is 1.47 bits per heavy atom. The van der Waals surface area contributed by atoms with Gasteiger partial charge in [0.25, 0.3) is 5.91 Å². The molecule has 1 aliphatic heterocycles. The minimum atomic E-state index is -0.0388. The Balaban J connectivity index is 1.99. The first-order valence-corrected chi connectivity index (χ1v) is 5.45. The number of nitrogen functional groups attached to an aromatic ring is 1. The molecule has 1 amide bonds. The SMILES string of the molecule is Nc1cccc2c1CCN2C(=O)c1cn[nH]c1. The lowest BCUT2D eigenvalue weighted by molar-refractivity contribution is 0.0989. The Hall–Kier alpha value is -2.30. The van der Waals surface area contributed by atoms with Crippen LogP contribution in [0.2, 0.25) is 0 Å². The highest BCUT2D eigenvalue weighted by Crippen LogP contribution is 2.32. The van der Waals surface area contributed by atoms with Crippen molar-refractivity contribution in [3.63, 3.8) is 0 Å². The molecule has 17 heavy (non-hydrogen) atoms. The van der Waals surface area contributed by atoms with Gasteiger partial charge in [-0.2, -0.15) is 5.10 Å². The highest BCUT2D eigenvalue weighted by Gasteiger charge is 2.26. The van der Waals surface area contributed by atoms with Crippen molar-refractivity contribution in [1.82, 2.24) is 10.2 Å². The Kier molecular flexibility index (Phi) is 2.11. The minimum Gasteiger partial charge on any atom is -0.398 e. The van der Waals surface area contributed by atoms with Crippen molar-refractivity contribution in [3.05, 3.63) is 41.7 Å². The molecule has 1 aromatic carbocycles. The molecule has 0 atom stereocenters. The van der Waals surface area contributed by atoms with Crippen molar-refractivity contribution in [2.24, 2.45) is 0 Å². The van der Waals surface area contributed by atoms with Crippen molar-refractivity contribution in [2.75, 3.05) is 17.2 Å². The van der Waals surface area contributed by atoms with Crippen LogP contribution in [-0.2, 0) is 6.42 Å². The van der Waals surface area contributed by atoms with E-state index >= 15 is 0 Å². The van der Waals surface area contributed by atoms with Crippen molar-refractivity contribution >= 4 is 17.3 Å². The number of carbonyl (C=O) groups excluding carboxylic acids is 1. The molecule has 2 aromatic rings. The molecular weight excluding hydrogens is 216 g/mol. The highest BCUT2D eigenvalue weighted by molar-refractivity contribution is 6.07. The second kappa shape index (κ2) is 3.62. The predicted molar refractivity (Wildman–Crippen MR) is 64.8 cm³/mol. The van der Waals surface area contributed by atoms with Crippen molar-refractivity contribution < 1.29 is 4.79 Å². The number of hydrogen-bond donors (Lipinski definition) is 2. The largest absolute Gasteiger partial charge is 0.398 e. The van der Waals surface area contributed by atoms with E-state index in [-0.39, 0.29) is 5.91 Å². The number of amides is 1. The van der Waals surface area contributed by atoms with Crippen LogP contribution in [0.1, 0.15) is 15.9 Å². The summed E-state index contributed by atoms with van der Waals surface area (Å²) in [5, 5.41) is 6.44. The van der Waals surface area contributed by atoms with E-state index in [1.807, 2.05) is 18.2 Å². The number of H-pyrrole nitrogens is 1. The van der Waals surface area contributed by atoms with Gasteiger partial charge in [-0.05, 0) is 18.6 Å². The summed E-state index contributed by atoms with van der Waals surface area (Å²) in [7, 11) is 0. The van der Waals surface area contributed by atoms with Crippen LogP contribution in [0.25, 0.3) is 0 Å². The Morgan fingerprint density at radius 2 is 2.35 bits per heavy atom. The smallest absolute Gasteiger partial charge is 0.261 e. The summed E-state index contributed by atoms with van der Waals surface area (Å²) in [5.41, 5.74) is 9.19. The van der Waals surface area contributed by atoms with Crippen molar-refractivity contribution in [1.29, 1.82) is 0 Å². The average Bonchev–Trinajstić information content (AvgIpc) is 2.98. The number of hydrogen-bond acceptors (Lipinski definition) is 3. The van der Waals surface area contributed by atoms with E-state index in [2.05, 4.69) is 10.2 Å². The lowest BCUT2D eigenvalue weighted by atomic mass is 10.1. The van der Waals surface area contributed by atoms with Gasteiger partial charge in [0.1, 0.15) is 0 Å². The molecule has 0 unspecified atom stereocenters. The highest BCUT2D eigenvalue weighted by atomic mass is 16.2. The monoisotopic (exact) mass is 228 g/mol. The van der Waals surface area contributed by atoms with Gasteiger partial charge in [-0.1, -0.05) is 6.07 Å². The van der Waals surface area contributed by atoms with Gasteiger partial charge in [0.2, 0.25) is 0 Å². The van der Waals surface area contributed by atoms with E-state index in [1.165, 1.54) is 6.20 Å². The Morgan fingerprint density at radius 3 is 3.12 bits per heavy atom. The van der Waals surface area contributed by atoms with E-state index in [0.717, 1.165) is 23.4 Å². The number of nitrogens with zero attached hydrogens (tertiary/aromatic N) is 2. The van der Waals surface area contributed by atoms with Crippen molar-refractivity contribution in [3.8, 4) is 0 Å². The molecule has 3 rings (SSSR count). The number of carbonyl (C=O) groups is 1.